The summed E-state index contributed by atoms with van der Waals surface area (Å²) in [5.74, 6) is 0.544. The molecular formula is C16H15FN4. The lowest BCUT2D eigenvalue weighted by Gasteiger charge is -2.07. The molecular weight excluding hydrogens is 267 g/mol. The third-order valence-electron chi connectivity index (χ3n) is 3.85. The fourth-order valence-corrected chi connectivity index (χ4v) is 2.63. The number of benzene rings is 1. The number of rotatable bonds is 3. The van der Waals surface area contributed by atoms with Crippen LogP contribution < -0.4 is 5.73 Å². The van der Waals surface area contributed by atoms with Crippen molar-refractivity contribution in [2.45, 2.75) is 25.4 Å². The molecule has 1 aromatic carbocycles. The van der Waals surface area contributed by atoms with Crippen molar-refractivity contribution in [3.63, 3.8) is 0 Å². The second-order valence-electron chi connectivity index (χ2n) is 5.43. The second kappa shape index (κ2) is 4.63. The molecule has 0 bridgehead atoms. The minimum atomic E-state index is -0.263. The van der Waals surface area contributed by atoms with Gasteiger partial charge in [-0.05, 0) is 36.6 Å². The van der Waals surface area contributed by atoms with Gasteiger partial charge in [0.15, 0.2) is 5.82 Å². The van der Waals surface area contributed by atoms with Crippen LogP contribution in [0, 0.1) is 5.82 Å². The summed E-state index contributed by atoms with van der Waals surface area (Å²) in [6.45, 7) is 0.470. The van der Waals surface area contributed by atoms with Gasteiger partial charge >= 0.3 is 0 Å². The van der Waals surface area contributed by atoms with Crippen LogP contribution in [0.1, 0.15) is 24.4 Å². The van der Waals surface area contributed by atoms with Crippen molar-refractivity contribution in [1.82, 2.24) is 14.5 Å². The van der Waals surface area contributed by atoms with Crippen LogP contribution in [-0.4, -0.2) is 14.5 Å². The third kappa shape index (κ3) is 2.10. The van der Waals surface area contributed by atoms with E-state index in [0.29, 0.717) is 18.1 Å². The lowest BCUT2D eigenvalue weighted by atomic mass is 10.2. The number of pyridine rings is 1. The number of halogens is 1. The summed E-state index contributed by atoms with van der Waals surface area (Å²) in [7, 11) is 0. The molecule has 1 fully saturated rings. The number of nitrogens with two attached hydrogens (primary N) is 1. The molecule has 1 aliphatic rings. The number of hydrogen-bond acceptors (Lipinski definition) is 3. The first kappa shape index (κ1) is 12.5. The zero-order valence-corrected chi connectivity index (χ0v) is 11.5. The highest BCUT2D eigenvalue weighted by Gasteiger charge is 2.29. The van der Waals surface area contributed by atoms with Crippen LogP contribution in [0.4, 0.5) is 4.39 Å². The summed E-state index contributed by atoms with van der Waals surface area (Å²) >= 11 is 0. The molecule has 2 heterocycles. The van der Waals surface area contributed by atoms with Crippen LogP contribution in [0.25, 0.3) is 22.6 Å². The van der Waals surface area contributed by atoms with Crippen molar-refractivity contribution in [3.8, 4) is 11.5 Å². The first-order valence-corrected chi connectivity index (χ1v) is 7.09. The largest absolute Gasteiger partial charge is 0.326 e. The fourth-order valence-electron chi connectivity index (χ4n) is 2.63. The van der Waals surface area contributed by atoms with Crippen molar-refractivity contribution >= 4 is 11.0 Å². The Labute approximate surface area is 121 Å². The SMILES string of the molecule is NCc1ccc(-c2nc3cc(F)ccc3n2C2CC2)nc1. The normalized spacial score (nSPS) is 14.8. The maximum absolute atomic E-state index is 13.4. The molecule has 1 aliphatic carbocycles. The lowest BCUT2D eigenvalue weighted by Crippen LogP contribution is -2.01. The first-order chi connectivity index (χ1) is 10.3. The van der Waals surface area contributed by atoms with Gasteiger partial charge in [-0.1, -0.05) is 6.07 Å². The molecule has 1 saturated carbocycles. The van der Waals surface area contributed by atoms with Gasteiger partial charge < -0.3 is 10.3 Å². The van der Waals surface area contributed by atoms with E-state index in [1.807, 2.05) is 12.1 Å². The maximum atomic E-state index is 13.4. The number of aromatic nitrogens is 3. The Morgan fingerprint density at radius 1 is 1.24 bits per heavy atom. The van der Waals surface area contributed by atoms with Gasteiger partial charge in [0, 0.05) is 24.8 Å². The number of hydrogen-bond donors (Lipinski definition) is 1. The number of nitrogens with zero attached hydrogens (tertiary/aromatic N) is 3. The van der Waals surface area contributed by atoms with E-state index in [9.17, 15) is 4.39 Å². The van der Waals surface area contributed by atoms with E-state index in [2.05, 4.69) is 14.5 Å². The molecule has 5 heteroatoms. The highest BCUT2D eigenvalue weighted by atomic mass is 19.1. The first-order valence-electron chi connectivity index (χ1n) is 7.09. The van der Waals surface area contributed by atoms with Gasteiger partial charge in [0.05, 0.1) is 11.0 Å². The summed E-state index contributed by atoms with van der Waals surface area (Å²) in [4.78, 5) is 9.04. The number of imidazole rings is 1. The summed E-state index contributed by atoms with van der Waals surface area (Å²) in [6, 6.07) is 9.10. The van der Waals surface area contributed by atoms with Crippen LogP contribution >= 0.6 is 0 Å². The van der Waals surface area contributed by atoms with E-state index < -0.39 is 0 Å². The highest BCUT2D eigenvalue weighted by Crippen LogP contribution is 2.40. The summed E-state index contributed by atoms with van der Waals surface area (Å²) < 4.78 is 15.6. The summed E-state index contributed by atoms with van der Waals surface area (Å²) in [6.07, 6.45) is 4.04. The van der Waals surface area contributed by atoms with Crippen LogP contribution in [0.2, 0.25) is 0 Å². The van der Waals surface area contributed by atoms with Crippen molar-refractivity contribution < 1.29 is 4.39 Å². The monoisotopic (exact) mass is 282 g/mol. The van der Waals surface area contributed by atoms with Gasteiger partial charge in [-0.15, -0.1) is 0 Å². The van der Waals surface area contributed by atoms with Crippen molar-refractivity contribution in [3.05, 3.63) is 47.9 Å². The van der Waals surface area contributed by atoms with Crippen LogP contribution in [-0.2, 0) is 6.54 Å². The molecule has 106 valence electrons. The van der Waals surface area contributed by atoms with Crippen LogP contribution in [0.5, 0.6) is 0 Å². The number of fused-ring (bicyclic) bond motifs is 1. The molecule has 4 rings (SSSR count). The molecule has 2 N–H and O–H groups in total. The second-order valence-corrected chi connectivity index (χ2v) is 5.43. The minimum absolute atomic E-state index is 0.263. The quantitative estimate of drug-likeness (QED) is 0.803. The average molecular weight is 282 g/mol. The topological polar surface area (TPSA) is 56.7 Å². The fraction of sp³-hybridized carbons (Fsp3) is 0.250. The zero-order valence-electron chi connectivity index (χ0n) is 11.5. The Morgan fingerprint density at radius 2 is 2.10 bits per heavy atom. The molecule has 0 saturated heterocycles. The molecule has 0 spiro atoms. The van der Waals surface area contributed by atoms with Gasteiger partial charge in [-0.25, -0.2) is 9.37 Å². The van der Waals surface area contributed by atoms with Gasteiger partial charge in [0.1, 0.15) is 11.5 Å². The van der Waals surface area contributed by atoms with Crippen molar-refractivity contribution in [2.75, 3.05) is 0 Å². The minimum Gasteiger partial charge on any atom is -0.326 e. The van der Waals surface area contributed by atoms with Crippen LogP contribution in [0.15, 0.2) is 36.5 Å². The Bertz CT molecular complexity index is 803. The Balaban J connectivity index is 1.91. The predicted molar refractivity (Wildman–Crippen MR) is 79.1 cm³/mol. The van der Waals surface area contributed by atoms with E-state index in [4.69, 9.17) is 5.73 Å². The predicted octanol–water partition coefficient (Wildman–Crippen LogP) is 3.03. The molecule has 0 radical (unpaired) electrons. The molecule has 2 aromatic heterocycles. The Morgan fingerprint density at radius 3 is 2.76 bits per heavy atom. The van der Waals surface area contributed by atoms with E-state index in [0.717, 1.165) is 35.4 Å². The van der Waals surface area contributed by atoms with Gasteiger partial charge in [0.25, 0.3) is 0 Å². The van der Waals surface area contributed by atoms with Crippen LogP contribution in [0.3, 0.4) is 0 Å². The molecule has 0 amide bonds. The molecule has 21 heavy (non-hydrogen) atoms. The van der Waals surface area contributed by atoms with Gasteiger partial charge in [-0.3, -0.25) is 4.98 Å². The maximum Gasteiger partial charge on any atom is 0.160 e. The smallest absolute Gasteiger partial charge is 0.160 e. The zero-order chi connectivity index (χ0) is 14.4. The summed E-state index contributed by atoms with van der Waals surface area (Å²) in [5, 5.41) is 0. The summed E-state index contributed by atoms with van der Waals surface area (Å²) in [5.41, 5.74) is 9.04. The van der Waals surface area contributed by atoms with E-state index >= 15 is 0 Å². The average Bonchev–Trinajstić information content (AvgIpc) is 3.28. The van der Waals surface area contributed by atoms with E-state index in [1.54, 1.807) is 12.3 Å². The van der Waals surface area contributed by atoms with Crippen molar-refractivity contribution in [1.29, 1.82) is 0 Å². The highest BCUT2D eigenvalue weighted by molar-refractivity contribution is 5.80. The van der Waals surface area contributed by atoms with E-state index in [1.165, 1.54) is 12.1 Å². The van der Waals surface area contributed by atoms with Crippen molar-refractivity contribution in [2.24, 2.45) is 5.73 Å². The molecule has 3 aromatic rings. The molecule has 0 atom stereocenters. The van der Waals surface area contributed by atoms with Gasteiger partial charge in [0.2, 0.25) is 0 Å². The molecule has 0 unspecified atom stereocenters. The lowest BCUT2D eigenvalue weighted by molar-refractivity contribution is 0.629. The Hall–Kier alpha value is -2.27. The molecule has 4 nitrogen and oxygen atoms in total. The third-order valence-corrected chi connectivity index (χ3v) is 3.85. The van der Waals surface area contributed by atoms with E-state index in [-0.39, 0.29) is 5.82 Å². The van der Waals surface area contributed by atoms with Gasteiger partial charge in [-0.2, -0.15) is 0 Å². The Kier molecular flexibility index (Phi) is 2.75. The standard InChI is InChI=1S/C16H15FN4/c17-11-2-6-15-14(7-11)20-16(21(15)12-3-4-12)13-5-1-10(8-18)9-19-13/h1-2,5-7,9,12H,3-4,8,18H2. The molecule has 0 aliphatic heterocycles.